The zero-order valence-corrected chi connectivity index (χ0v) is 10.2. The lowest BCUT2D eigenvalue weighted by Gasteiger charge is -2.13. The third-order valence-electron chi connectivity index (χ3n) is 2.72. The van der Waals surface area contributed by atoms with Gasteiger partial charge in [0.15, 0.2) is 0 Å². The molecule has 86 valence electrons. The fraction of sp³-hybridized carbons (Fsp3) is 0.667. The summed E-state index contributed by atoms with van der Waals surface area (Å²) in [4.78, 5) is 0. The van der Waals surface area contributed by atoms with E-state index in [0.29, 0.717) is 12.5 Å². The number of nitrogens with one attached hydrogen (secondary N) is 1. The van der Waals surface area contributed by atoms with Gasteiger partial charge in [-0.2, -0.15) is 11.3 Å². The van der Waals surface area contributed by atoms with Crippen LogP contribution in [-0.4, -0.2) is 24.8 Å². The van der Waals surface area contributed by atoms with Gasteiger partial charge in [0.25, 0.3) is 0 Å². The zero-order valence-electron chi connectivity index (χ0n) is 9.41. The van der Waals surface area contributed by atoms with Crippen molar-refractivity contribution in [3.05, 3.63) is 22.4 Å². The fourth-order valence-corrected chi connectivity index (χ4v) is 2.31. The van der Waals surface area contributed by atoms with Crippen molar-refractivity contribution in [1.29, 1.82) is 0 Å². The van der Waals surface area contributed by atoms with Gasteiger partial charge in [0.1, 0.15) is 0 Å². The van der Waals surface area contributed by atoms with E-state index in [1.807, 2.05) is 0 Å². The van der Waals surface area contributed by atoms with Crippen molar-refractivity contribution in [2.45, 2.75) is 26.2 Å². The van der Waals surface area contributed by atoms with Gasteiger partial charge in [-0.1, -0.05) is 13.3 Å². The van der Waals surface area contributed by atoms with Crippen LogP contribution in [0.4, 0.5) is 0 Å². The summed E-state index contributed by atoms with van der Waals surface area (Å²) in [6.45, 7) is 4.56. The first kappa shape index (κ1) is 12.7. The van der Waals surface area contributed by atoms with Gasteiger partial charge < -0.3 is 10.4 Å². The van der Waals surface area contributed by atoms with Crippen LogP contribution in [0.3, 0.4) is 0 Å². The molecule has 2 N–H and O–H groups in total. The van der Waals surface area contributed by atoms with E-state index in [9.17, 15) is 0 Å². The maximum absolute atomic E-state index is 8.85. The molecule has 1 atom stereocenters. The van der Waals surface area contributed by atoms with Crippen LogP contribution in [0, 0.1) is 5.92 Å². The number of rotatable bonds is 8. The average molecular weight is 227 g/mol. The van der Waals surface area contributed by atoms with Gasteiger partial charge in [-0.15, -0.1) is 0 Å². The van der Waals surface area contributed by atoms with Crippen molar-refractivity contribution in [3.63, 3.8) is 0 Å². The molecule has 2 nitrogen and oxygen atoms in total. The second-order valence-corrected chi connectivity index (χ2v) is 4.65. The highest BCUT2D eigenvalue weighted by Crippen LogP contribution is 2.07. The quantitative estimate of drug-likeness (QED) is 0.668. The molecule has 0 radical (unpaired) electrons. The second-order valence-electron chi connectivity index (χ2n) is 3.87. The Morgan fingerprint density at radius 1 is 1.53 bits per heavy atom. The zero-order chi connectivity index (χ0) is 10.9. The highest BCUT2D eigenvalue weighted by Gasteiger charge is 2.04. The van der Waals surface area contributed by atoms with Crippen molar-refractivity contribution < 1.29 is 5.11 Å². The average Bonchev–Trinajstić information content (AvgIpc) is 2.75. The molecule has 0 amide bonds. The largest absolute Gasteiger partial charge is 0.396 e. The Balaban J connectivity index is 2.05. The topological polar surface area (TPSA) is 32.3 Å². The van der Waals surface area contributed by atoms with Crippen LogP contribution in [0.5, 0.6) is 0 Å². The Kier molecular flexibility index (Phi) is 6.64. The molecule has 1 heterocycles. The number of aliphatic hydroxyl groups excluding tert-OH is 1. The lowest BCUT2D eigenvalue weighted by atomic mass is 10.0. The van der Waals surface area contributed by atoms with E-state index in [1.165, 1.54) is 5.56 Å². The van der Waals surface area contributed by atoms with E-state index in [1.54, 1.807) is 11.3 Å². The van der Waals surface area contributed by atoms with Crippen LogP contribution in [0.25, 0.3) is 0 Å². The lowest BCUT2D eigenvalue weighted by Crippen LogP contribution is -2.25. The molecule has 1 unspecified atom stereocenters. The molecular weight excluding hydrogens is 206 g/mol. The van der Waals surface area contributed by atoms with Gasteiger partial charge in [-0.25, -0.2) is 0 Å². The van der Waals surface area contributed by atoms with Crippen LogP contribution >= 0.6 is 11.3 Å². The van der Waals surface area contributed by atoms with Gasteiger partial charge in [0.2, 0.25) is 0 Å². The van der Waals surface area contributed by atoms with Gasteiger partial charge >= 0.3 is 0 Å². The third-order valence-corrected chi connectivity index (χ3v) is 3.45. The third kappa shape index (κ3) is 5.30. The van der Waals surface area contributed by atoms with Crippen LogP contribution in [-0.2, 0) is 6.42 Å². The summed E-state index contributed by atoms with van der Waals surface area (Å²) in [5.74, 6) is 0.623. The number of hydrogen-bond donors (Lipinski definition) is 2. The van der Waals surface area contributed by atoms with Crippen molar-refractivity contribution in [2.24, 2.45) is 5.92 Å². The lowest BCUT2D eigenvalue weighted by molar-refractivity contribution is 0.251. The predicted octanol–water partition coefficient (Wildman–Crippen LogP) is 2.29. The summed E-state index contributed by atoms with van der Waals surface area (Å²) in [7, 11) is 0. The monoisotopic (exact) mass is 227 g/mol. The van der Waals surface area contributed by atoms with Crippen LogP contribution in [0.2, 0.25) is 0 Å². The molecule has 0 bridgehead atoms. The normalized spacial score (nSPS) is 12.9. The smallest absolute Gasteiger partial charge is 0.0434 e. The molecule has 1 aromatic rings. The Labute approximate surface area is 96.3 Å². The molecule has 1 rings (SSSR count). The highest BCUT2D eigenvalue weighted by molar-refractivity contribution is 7.07. The van der Waals surface area contributed by atoms with Gasteiger partial charge in [0.05, 0.1) is 0 Å². The van der Waals surface area contributed by atoms with E-state index < -0.39 is 0 Å². The van der Waals surface area contributed by atoms with Gasteiger partial charge in [-0.05, 0) is 54.2 Å². The minimum Gasteiger partial charge on any atom is -0.396 e. The first-order chi connectivity index (χ1) is 7.36. The maximum Gasteiger partial charge on any atom is 0.0434 e. The Morgan fingerprint density at radius 3 is 3.00 bits per heavy atom. The summed E-state index contributed by atoms with van der Waals surface area (Å²) >= 11 is 1.76. The summed E-state index contributed by atoms with van der Waals surface area (Å²) in [6, 6.07) is 2.18. The summed E-state index contributed by atoms with van der Waals surface area (Å²) in [5.41, 5.74) is 1.42. The van der Waals surface area contributed by atoms with Crippen LogP contribution in [0.1, 0.15) is 25.3 Å². The Bertz CT molecular complexity index is 236. The molecule has 0 aliphatic carbocycles. The van der Waals surface area contributed by atoms with E-state index in [0.717, 1.165) is 32.4 Å². The standard InChI is InChI=1S/C12H21NOS/c1-2-11(4-7-14)9-13-6-3-12-5-8-15-10-12/h5,8,10-11,13-14H,2-4,6-7,9H2,1H3. The summed E-state index contributed by atoms with van der Waals surface area (Å²) in [6.07, 6.45) is 3.17. The first-order valence-corrected chi connectivity index (χ1v) is 6.63. The molecule has 0 aliphatic heterocycles. The molecule has 0 fully saturated rings. The summed E-state index contributed by atoms with van der Waals surface area (Å²) in [5, 5.41) is 16.6. The molecule has 0 saturated heterocycles. The van der Waals surface area contributed by atoms with Crippen molar-refractivity contribution >= 4 is 11.3 Å². The van der Waals surface area contributed by atoms with Crippen molar-refractivity contribution in [2.75, 3.05) is 19.7 Å². The van der Waals surface area contributed by atoms with Gasteiger partial charge in [-0.3, -0.25) is 0 Å². The molecule has 0 spiro atoms. The van der Waals surface area contributed by atoms with Crippen molar-refractivity contribution in [3.8, 4) is 0 Å². The van der Waals surface area contributed by atoms with E-state index in [-0.39, 0.29) is 0 Å². The van der Waals surface area contributed by atoms with E-state index in [4.69, 9.17) is 5.11 Å². The maximum atomic E-state index is 8.85. The molecular formula is C12H21NOS. The SMILES string of the molecule is CCC(CCO)CNCCc1ccsc1. The first-order valence-electron chi connectivity index (χ1n) is 5.69. The number of thiophene rings is 1. The number of hydrogen-bond acceptors (Lipinski definition) is 3. The molecule has 1 aromatic heterocycles. The molecule has 15 heavy (non-hydrogen) atoms. The van der Waals surface area contributed by atoms with Gasteiger partial charge in [0, 0.05) is 6.61 Å². The Morgan fingerprint density at radius 2 is 2.40 bits per heavy atom. The fourth-order valence-electron chi connectivity index (χ4n) is 1.61. The molecule has 0 aromatic carbocycles. The minimum absolute atomic E-state index is 0.310. The number of aliphatic hydroxyl groups is 1. The molecule has 0 saturated carbocycles. The minimum atomic E-state index is 0.310. The highest BCUT2D eigenvalue weighted by atomic mass is 32.1. The van der Waals surface area contributed by atoms with Crippen molar-refractivity contribution in [1.82, 2.24) is 5.32 Å². The molecule has 3 heteroatoms. The Hall–Kier alpha value is -0.380. The summed E-state index contributed by atoms with van der Waals surface area (Å²) < 4.78 is 0. The van der Waals surface area contributed by atoms with Crippen LogP contribution < -0.4 is 5.32 Å². The van der Waals surface area contributed by atoms with E-state index in [2.05, 4.69) is 29.1 Å². The molecule has 0 aliphatic rings. The van der Waals surface area contributed by atoms with E-state index >= 15 is 0 Å². The second kappa shape index (κ2) is 7.85. The predicted molar refractivity (Wildman–Crippen MR) is 66.4 cm³/mol. The van der Waals surface area contributed by atoms with Crippen LogP contribution in [0.15, 0.2) is 16.8 Å².